The topological polar surface area (TPSA) is 72.2 Å². The van der Waals surface area contributed by atoms with Gasteiger partial charge in [0.2, 0.25) is 0 Å². The van der Waals surface area contributed by atoms with Gasteiger partial charge >= 0.3 is 0 Å². The van der Waals surface area contributed by atoms with Gasteiger partial charge in [-0.1, -0.05) is 35.3 Å². The number of anilines is 2. The highest BCUT2D eigenvalue weighted by Gasteiger charge is 2.16. The van der Waals surface area contributed by atoms with Gasteiger partial charge in [-0.25, -0.2) is 8.42 Å². The van der Waals surface area contributed by atoms with Crippen LogP contribution in [0.1, 0.15) is 0 Å². The van der Waals surface area contributed by atoms with Crippen LogP contribution in [0.4, 0.5) is 11.4 Å². The number of hydrogen-bond donors (Lipinski definition) is 2. The summed E-state index contributed by atoms with van der Waals surface area (Å²) in [6, 6.07) is 10.7. The lowest BCUT2D eigenvalue weighted by Gasteiger charge is -2.10. The van der Waals surface area contributed by atoms with Crippen molar-refractivity contribution in [2.24, 2.45) is 0 Å². The Labute approximate surface area is 121 Å². The second-order valence-corrected chi connectivity index (χ2v) is 6.27. The third-order valence-electron chi connectivity index (χ3n) is 2.41. The lowest BCUT2D eigenvalue weighted by molar-refractivity contribution is 0.601. The smallest absolute Gasteiger partial charge is 0.262 e. The zero-order chi connectivity index (χ0) is 14.0. The van der Waals surface area contributed by atoms with E-state index in [1.54, 1.807) is 24.3 Å². The molecular weight excluding hydrogens is 307 g/mol. The Morgan fingerprint density at radius 2 is 1.68 bits per heavy atom. The van der Waals surface area contributed by atoms with E-state index in [0.717, 1.165) is 0 Å². The Bertz CT molecular complexity index is 717. The zero-order valence-electron chi connectivity index (χ0n) is 9.60. The Morgan fingerprint density at radius 3 is 2.32 bits per heavy atom. The molecule has 0 saturated heterocycles. The number of nitrogens with one attached hydrogen (secondary N) is 1. The van der Waals surface area contributed by atoms with Crippen molar-refractivity contribution in [1.29, 1.82) is 0 Å². The predicted molar refractivity (Wildman–Crippen MR) is 78.1 cm³/mol. The van der Waals surface area contributed by atoms with Crippen LogP contribution in [0, 0.1) is 0 Å². The standard InChI is InChI=1S/C12H10Cl2N2O2S/c13-9-6-5-8(7-10(9)14)19(17,18)16-12-4-2-1-3-11(12)15/h1-7,16H,15H2. The maximum Gasteiger partial charge on any atom is 0.262 e. The normalized spacial score (nSPS) is 11.3. The summed E-state index contributed by atoms with van der Waals surface area (Å²) < 4.78 is 26.7. The summed E-state index contributed by atoms with van der Waals surface area (Å²) in [5.41, 5.74) is 6.34. The van der Waals surface area contributed by atoms with E-state index in [9.17, 15) is 8.42 Å². The molecule has 0 spiro atoms. The third kappa shape index (κ3) is 3.12. The molecule has 19 heavy (non-hydrogen) atoms. The first kappa shape index (κ1) is 14.0. The minimum atomic E-state index is -3.75. The van der Waals surface area contributed by atoms with Gasteiger partial charge in [0.15, 0.2) is 0 Å². The molecule has 0 aliphatic rings. The summed E-state index contributed by atoms with van der Waals surface area (Å²) in [6.45, 7) is 0. The lowest BCUT2D eigenvalue weighted by atomic mass is 10.3. The van der Waals surface area contributed by atoms with Gasteiger partial charge in [0.25, 0.3) is 10.0 Å². The van der Waals surface area contributed by atoms with Crippen LogP contribution in [0.2, 0.25) is 10.0 Å². The second kappa shape index (κ2) is 5.28. The number of para-hydroxylation sites is 2. The molecule has 7 heteroatoms. The largest absolute Gasteiger partial charge is 0.397 e. The molecule has 2 aromatic rings. The van der Waals surface area contributed by atoms with Crippen LogP contribution >= 0.6 is 23.2 Å². The van der Waals surface area contributed by atoms with E-state index in [2.05, 4.69) is 4.72 Å². The van der Waals surface area contributed by atoms with E-state index in [1.807, 2.05) is 0 Å². The van der Waals surface area contributed by atoms with E-state index in [1.165, 1.54) is 18.2 Å². The Balaban J connectivity index is 2.38. The molecule has 0 saturated carbocycles. The summed E-state index contributed by atoms with van der Waals surface area (Å²) in [7, 11) is -3.75. The average molecular weight is 317 g/mol. The van der Waals surface area contributed by atoms with Gasteiger partial charge in [0, 0.05) is 0 Å². The number of sulfonamides is 1. The molecule has 0 atom stereocenters. The third-order valence-corrected chi connectivity index (χ3v) is 4.51. The van der Waals surface area contributed by atoms with Crippen molar-refractivity contribution >= 4 is 44.6 Å². The molecule has 100 valence electrons. The van der Waals surface area contributed by atoms with Crippen LogP contribution in [0.15, 0.2) is 47.4 Å². The average Bonchev–Trinajstić information content (AvgIpc) is 2.35. The Morgan fingerprint density at radius 1 is 1.00 bits per heavy atom. The van der Waals surface area contributed by atoms with E-state index in [0.29, 0.717) is 16.4 Å². The van der Waals surface area contributed by atoms with Gasteiger partial charge in [0.1, 0.15) is 0 Å². The molecule has 2 rings (SSSR count). The highest BCUT2D eigenvalue weighted by Crippen LogP contribution is 2.27. The summed E-state index contributed by atoms with van der Waals surface area (Å²) in [4.78, 5) is 0.0187. The fraction of sp³-hybridized carbons (Fsp3) is 0. The monoisotopic (exact) mass is 316 g/mol. The zero-order valence-corrected chi connectivity index (χ0v) is 11.9. The van der Waals surface area contributed by atoms with Crippen LogP contribution < -0.4 is 10.5 Å². The minimum absolute atomic E-state index is 0.0187. The molecule has 0 amide bonds. The molecule has 0 heterocycles. The molecule has 4 nitrogen and oxygen atoms in total. The van der Waals surface area contributed by atoms with Crippen molar-refractivity contribution in [2.45, 2.75) is 4.90 Å². The van der Waals surface area contributed by atoms with Crippen molar-refractivity contribution in [1.82, 2.24) is 0 Å². The van der Waals surface area contributed by atoms with E-state index in [4.69, 9.17) is 28.9 Å². The van der Waals surface area contributed by atoms with Crippen molar-refractivity contribution in [3.63, 3.8) is 0 Å². The van der Waals surface area contributed by atoms with Gasteiger partial charge < -0.3 is 5.73 Å². The highest BCUT2D eigenvalue weighted by atomic mass is 35.5. The molecule has 0 aromatic heterocycles. The second-order valence-electron chi connectivity index (χ2n) is 3.77. The van der Waals surface area contributed by atoms with Crippen molar-refractivity contribution in [3.8, 4) is 0 Å². The molecule has 2 aromatic carbocycles. The number of rotatable bonds is 3. The summed E-state index contributed by atoms with van der Waals surface area (Å²) in [5.74, 6) is 0. The SMILES string of the molecule is Nc1ccccc1NS(=O)(=O)c1ccc(Cl)c(Cl)c1. The molecule has 3 N–H and O–H groups in total. The molecule has 0 fully saturated rings. The fourth-order valence-corrected chi connectivity index (χ4v) is 2.91. The van der Waals surface area contributed by atoms with Crippen LogP contribution in [-0.4, -0.2) is 8.42 Å². The van der Waals surface area contributed by atoms with Gasteiger partial charge in [-0.15, -0.1) is 0 Å². The fourth-order valence-electron chi connectivity index (χ4n) is 1.44. The Hall–Kier alpha value is -1.43. The number of halogens is 2. The van der Waals surface area contributed by atoms with Crippen LogP contribution in [-0.2, 0) is 10.0 Å². The summed E-state index contributed by atoms with van der Waals surface area (Å²) in [5, 5.41) is 0.463. The first-order valence-electron chi connectivity index (χ1n) is 5.22. The number of benzene rings is 2. The molecule has 0 radical (unpaired) electrons. The lowest BCUT2D eigenvalue weighted by Crippen LogP contribution is -2.14. The molecule has 0 aliphatic carbocycles. The van der Waals surface area contributed by atoms with Gasteiger partial charge in [0.05, 0.1) is 26.3 Å². The number of nitrogens with two attached hydrogens (primary N) is 1. The minimum Gasteiger partial charge on any atom is -0.397 e. The molecule has 0 unspecified atom stereocenters. The van der Waals surface area contributed by atoms with E-state index >= 15 is 0 Å². The van der Waals surface area contributed by atoms with Crippen LogP contribution in [0.25, 0.3) is 0 Å². The number of nitrogen functional groups attached to an aromatic ring is 1. The molecule has 0 aliphatic heterocycles. The van der Waals surface area contributed by atoms with Gasteiger partial charge in [-0.05, 0) is 30.3 Å². The van der Waals surface area contributed by atoms with E-state index in [-0.39, 0.29) is 9.92 Å². The van der Waals surface area contributed by atoms with Crippen molar-refractivity contribution < 1.29 is 8.42 Å². The molecule has 0 bridgehead atoms. The van der Waals surface area contributed by atoms with Crippen LogP contribution in [0.3, 0.4) is 0 Å². The van der Waals surface area contributed by atoms with Crippen LogP contribution in [0.5, 0.6) is 0 Å². The quantitative estimate of drug-likeness (QED) is 0.853. The highest BCUT2D eigenvalue weighted by molar-refractivity contribution is 7.92. The predicted octanol–water partition coefficient (Wildman–Crippen LogP) is 3.38. The van der Waals surface area contributed by atoms with Gasteiger partial charge in [-0.2, -0.15) is 0 Å². The first-order chi connectivity index (χ1) is 8.90. The Kier molecular flexibility index (Phi) is 3.89. The van der Waals surface area contributed by atoms with E-state index < -0.39 is 10.0 Å². The summed E-state index contributed by atoms with van der Waals surface area (Å²) >= 11 is 11.6. The maximum atomic E-state index is 12.1. The van der Waals surface area contributed by atoms with Crippen molar-refractivity contribution in [3.05, 3.63) is 52.5 Å². The van der Waals surface area contributed by atoms with Gasteiger partial charge in [-0.3, -0.25) is 4.72 Å². The van der Waals surface area contributed by atoms with Crippen molar-refractivity contribution in [2.75, 3.05) is 10.5 Å². The number of hydrogen-bond acceptors (Lipinski definition) is 3. The maximum absolute atomic E-state index is 12.1. The first-order valence-corrected chi connectivity index (χ1v) is 7.46. The summed E-state index contributed by atoms with van der Waals surface area (Å²) in [6.07, 6.45) is 0. The molecular formula is C12H10Cl2N2O2S.